The number of hydrogen-bond acceptors (Lipinski definition) is 6. The monoisotopic (exact) mass is 484 g/mol. The van der Waals surface area contributed by atoms with Crippen LogP contribution in [0, 0.1) is 0 Å². The van der Waals surface area contributed by atoms with Gasteiger partial charge in [-0.25, -0.2) is 0 Å². The van der Waals surface area contributed by atoms with Crippen LogP contribution in [0.25, 0.3) is 0 Å². The topological polar surface area (TPSA) is 51.1 Å². The number of ether oxygens (including phenoxy) is 2. The molecule has 0 amide bonds. The largest absolute Gasteiger partial charge is 0.497 e. The van der Waals surface area contributed by atoms with Crippen molar-refractivity contribution in [1.82, 2.24) is 0 Å². The third kappa shape index (κ3) is 5.43. The summed E-state index contributed by atoms with van der Waals surface area (Å²) in [5.41, 5.74) is 1.36. The lowest BCUT2D eigenvalue weighted by Crippen LogP contribution is -2.35. The number of benzene rings is 2. The van der Waals surface area contributed by atoms with Crippen LogP contribution in [0.4, 0.5) is 5.69 Å². The molecule has 0 bridgehead atoms. The van der Waals surface area contributed by atoms with Crippen LogP contribution in [0.15, 0.2) is 47.5 Å². The van der Waals surface area contributed by atoms with E-state index in [2.05, 4.69) is 4.99 Å². The fourth-order valence-corrected chi connectivity index (χ4v) is 3.85. The van der Waals surface area contributed by atoms with Gasteiger partial charge in [0, 0.05) is 23.0 Å². The van der Waals surface area contributed by atoms with Crippen molar-refractivity contribution in [2.75, 3.05) is 38.0 Å². The van der Waals surface area contributed by atoms with Crippen molar-refractivity contribution in [2.45, 2.75) is 6.42 Å². The molecule has 2 aromatic rings. The summed E-state index contributed by atoms with van der Waals surface area (Å²) in [4.78, 5) is 19.7. The van der Waals surface area contributed by atoms with Crippen LogP contribution in [0.3, 0.4) is 0 Å². The molecule has 0 N–H and O–H groups in total. The van der Waals surface area contributed by atoms with E-state index in [1.54, 1.807) is 44.2 Å². The summed E-state index contributed by atoms with van der Waals surface area (Å²) in [6.45, 7) is 0.917. The van der Waals surface area contributed by atoms with Crippen LogP contribution in [0.5, 0.6) is 11.5 Å². The van der Waals surface area contributed by atoms with Gasteiger partial charge in [-0.2, -0.15) is 0 Å². The first-order valence-corrected chi connectivity index (χ1v) is 9.94. The van der Waals surface area contributed by atoms with Gasteiger partial charge in [0.05, 0.1) is 26.3 Å². The molecular weight excluding hydrogens is 464 g/mol. The summed E-state index contributed by atoms with van der Waals surface area (Å²) < 4.78 is 10.6. The van der Waals surface area contributed by atoms with Gasteiger partial charge in [0.15, 0.2) is 11.0 Å². The second kappa shape index (κ2) is 10.7. The summed E-state index contributed by atoms with van der Waals surface area (Å²) in [6.07, 6.45) is 1.04. The first-order chi connectivity index (χ1) is 13.1. The number of rotatable bonds is 6. The second-order valence-corrected chi connectivity index (χ2v) is 7.42. The van der Waals surface area contributed by atoms with E-state index in [1.165, 1.54) is 0 Å². The van der Waals surface area contributed by atoms with E-state index in [4.69, 9.17) is 21.1 Å². The molecule has 0 fully saturated rings. The number of amidine groups is 1. The van der Waals surface area contributed by atoms with Gasteiger partial charge in [-0.1, -0.05) is 23.4 Å². The molecule has 2 aromatic carbocycles. The number of methoxy groups -OCH3 is 2. The lowest BCUT2D eigenvalue weighted by atomic mass is 10.1. The Labute approximate surface area is 184 Å². The standard InChI is InChI=1S/C20H21ClN2O3S.BrH/c1-25-16-8-9-19(26-2)17(12-16)18(24)13-23(20-22-10-3-11-27-20)15-6-4-14(21)5-7-15;/h4-9,12H,3,10-11,13H2,1-2H3;1H. The van der Waals surface area contributed by atoms with Crippen molar-refractivity contribution in [3.8, 4) is 11.5 Å². The molecule has 1 aliphatic rings. The van der Waals surface area contributed by atoms with E-state index in [0.717, 1.165) is 29.6 Å². The van der Waals surface area contributed by atoms with Crippen molar-refractivity contribution >= 4 is 57.0 Å². The first kappa shape index (κ1) is 22.6. The minimum Gasteiger partial charge on any atom is -0.497 e. The molecule has 150 valence electrons. The van der Waals surface area contributed by atoms with Crippen molar-refractivity contribution < 1.29 is 14.3 Å². The number of carbonyl (C=O) groups excluding carboxylic acids is 1. The van der Waals surface area contributed by atoms with E-state index in [-0.39, 0.29) is 29.3 Å². The quantitative estimate of drug-likeness (QED) is 0.532. The molecule has 5 nitrogen and oxygen atoms in total. The predicted molar refractivity (Wildman–Crippen MR) is 122 cm³/mol. The number of thioether (sulfide) groups is 1. The number of carbonyl (C=O) groups is 1. The minimum atomic E-state index is -0.0745. The number of halogens is 2. The summed E-state index contributed by atoms with van der Waals surface area (Å²) in [6, 6.07) is 12.6. The molecule has 3 rings (SSSR count). The van der Waals surface area contributed by atoms with Crippen LogP contribution in [0.1, 0.15) is 16.8 Å². The highest BCUT2D eigenvalue weighted by Crippen LogP contribution is 2.28. The number of nitrogens with zero attached hydrogens (tertiary/aromatic N) is 2. The SMILES string of the molecule is Br.COc1ccc(OC)c(C(=O)CN(C2=NCCCS2)c2ccc(Cl)cc2)c1. The number of Topliss-reactive ketones (excluding diaryl/α,β-unsaturated/α-hetero) is 1. The van der Waals surface area contributed by atoms with Crippen LogP contribution >= 0.6 is 40.3 Å². The van der Waals surface area contributed by atoms with E-state index in [0.29, 0.717) is 22.1 Å². The Morgan fingerprint density at radius 1 is 1.18 bits per heavy atom. The van der Waals surface area contributed by atoms with Gasteiger partial charge in [0.2, 0.25) is 0 Å². The van der Waals surface area contributed by atoms with Crippen LogP contribution in [0.2, 0.25) is 5.02 Å². The molecule has 0 aromatic heterocycles. The molecule has 0 unspecified atom stereocenters. The first-order valence-electron chi connectivity index (χ1n) is 8.58. The number of ketones is 1. The van der Waals surface area contributed by atoms with E-state index in [1.807, 2.05) is 29.2 Å². The highest BCUT2D eigenvalue weighted by Gasteiger charge is 2.22. The molecule has 0 saturated carbocycles. The Kier molecular flexibility index (Phi) is 8.66. The Morgan fingerprint density at radius 2 is 1.93 bits per heavy atom. The van der Waals surface area contributed by atoms with Crippen LogP contribution in [-0.2, 0) is 0 Å². The van der Waals surface area contributed by atoms with Gasteiger partial charge in [0.1, 0.15) is 11.5 Å². The van der Waals surface area contributed by atoms with Crippen LogP contribution in [-0.4, -0.2) is 44.0 Å². The minimum absolute atomic E-state index is 0. The van der Waals surface area contributed by atoms with Crippen molar-refractivity contribution in [3.63, 3.8) is 0 Å². The van der Waals surface area contributed by atoms with Gasteiger partial charge in [0.25, 0.3) is 0 Å². The molecule has 0 spiro atoms. The molecular formula is C20H22BrClN2O3S. The zero-order chi connectivity index (χ0) is 19.2. The highest BCUT2D eigenvalue weighted by atomic mass is 79.9. The number of anilines is 1. The van der Waals surface area contributed by atoms with Gasteiger partial charge >= 0.3 is 0 Å². The van der Waals surface area contributed by atoms with Gasteiger partial charge in [-0.05, 0) is 48.9 Å². The molecule has 0 aliphatic carbocycles. The molecule has 0 atom stereocenters. The molecule has 0 radical (unpaired) electrons. The normalized spacial score (nSPS) is 13.2. The maximum absolute atomic E-state index is 13.1. The Bertz CT molecular complexity index is 846. The van der Waals surface area contributed by atoms with E-state index < -0.39 is 0 Å². The lowest BCUT2D eigenvalue weighted by Gasteiger charge is -2.27. The molecule has 1 heterocycles. The Hall–Kier alpha value is -1.70. The summed E-state index contributed by atoms with van der Waals surface area (Å²) in [7, 11) is 3.13. The second-order valence-electron chi connectivity index (χ2n) is 5.92. The fraction of sp³-hybridized carbons (Fsp3) is 0.300. The summed E-state index contributed by atoms with van der Waals surface area (Å²) >= 11 is 7.69. The zero-order valence-electron chi connectivity index (χ0n) is 15.7. The lowest BCUT2D eigenvalue weighted by molar-refractivity contribution is 0.0999. The fourth-order valence-electron chi connectivity index (χ4n) is 2.76. The number of hydrogen-bond donors (Lipinski definition) is 0. The summed E-state index contributed by atoms with van der Waals surface area (Å²) in [5.74, 6) is 2.05. The Balaban J connectivity index is 0.00000280. The smallest absolute Gasteiger partial charge is 0.186 e. The van der Waals surface area contributed by atoms with Gasteiger partial charge in [-0.15, -0.1) is 17.0 Å². The van der Waals surface area contributed by atoms with E-state index >= 15 is 0 Å². The van der Waals surface area contributed by atoms with Gasteiger partial charge < -0.3 is 14.4 Å². The predicted octanol–water partition coefficient (Wildman–Crippen LogP) is 5.12. The van der Waals surface area contributed by atoms with Crippen molar-refractivity contribution in [3.05, 3.63) is 53.1 Å². The molecule has 1 aliphatic heterocycles. The molecule has 8 heteroatoms. The van der Waals surface area contributed by atoms with Crippen LogP contribution < -0.4 is 14.4 Å². The van der Waals surface area contributed by atoms with Gasteiger partial charge in [-0.3, -0.25) is 9.79 Å². The van der Waals surface area contributed by atoms with Crippen molar-refractivity contribution in [1.29, 1.82) is 0 Å². The number of aliphatic imine (C=N–C) groups is 1. The molecule has 0 saturated heterocycles. The maximum atomic E-state index is 13.1. The maximum Gasteiger partial charge on any atom is 0.186 e. The zero-order valence-corrected chi connectivity index (χ0v) is 19.0. The molecule has 28 heavy (non-hydrogen) atoms. The average molecular weight is 486 g/mol. The Morgan fingerprint density at radius 3 is 2.54 bits per heavy atom. The van der Waals surface area contributed by atoms with E-state index in [9.17, 15) is 4.79 Å². The summed E-state index contributed by atoms with van der Waals surface area (Å²) in [5, 5.41) is 1.50. The third-order valence-electron chi connectivity index (χ3n) is 4.16. The third-order valence-corrected chi connectivity index (χ3v) is 5.51. The highest BCUT2D eigenvalue weighted by molar-refractivity contribution is 8.93. The van der Waals surface area contributed by atoms with Crippen molar-refractivity contribution in [2.24, 2.45) is 4.99 Å². The average Bonchev–Trinajstić information content (AvgIpc) is 2.72.